The van der Waals surface area contributed by atoms with Gasteiger partial charge in [-0.1, -0.05) is 24.6 Å². The minimum absolute atomic E-state index is 0.0814. The maximum atomic E-state index is 12.8. The Kier molecular flexibility index (Phi) is 3.22. The zero-order valence-corrected chi connectivity index (χ0v) is 13.1. The van der Waals surface area contributed by atoms with E-state index in [-0.39, 0.29) is 17.1 Å². The van der Waals surface area contributed by atoms with E-state index in [2.05, 4.69) is 12.1 Å². The standard InChI is InChI=1S/C17H19NO3S/c19-15(14-8-11-4-1-2-6-13(11)22-14)18-9-12-5-3-7-17(12,10-18)16(20)21/h1-2,4,6,12,14H,3,5,7-10H2,(H,20,21)/t12-,14?,17+/m0/s1. The first kappa shape index (κ1) is 14.1. The third kappa shape index (κ3) is 1.98. The molecule has 0 aromatic heterocycles. The molecular weight excluding hydrogens is 298 g/mol. The van der Waals surface area contributed by atoms with Crippen molar-refractivity contribution in [1.82, 2.24) is 4.90 Å². The number of fused-ring (bicyclic) bond motifs is 2. The molecule has 5 heteroatoms. The van der Waals surface area contributed by atoms with Crippen molar-refractivity contribution in [1.29, 1.82) is 0 Å². The predicted octanol–water partition coefficient (Wildman–Crippen LogP) is 2.42. The lowest BCUT2D eigenvalue weighted by Crippen LogP contribution is -2.40. The van der Waals surface area contributed by atoms with Gasteiger partial charge >= 0.3 is 5.97 Å². The lowest BCUT2D eigenvalue weighted by Gasteiger charge is -2.24. The zero-order valence-electron chi connectivity index (χ0n) is 12.3. The van der Waals surface area contributed by atoms with Gasteiger partial charge in [0.15, 0.2) is 0 Å². The molecule has 1 aromatic rings. The molecule has 2 fully saturated rings. The molecule has 1 amide bonds. The molecule has 22 heavy (non-hydrogen) atoms. The van der Waals surface area contributed by atoms with E-state index in [4.69, 9.17) is 0 Å². The topological polar surface area (TPSA) is 57.6 Å². The summed E-state index contributed by atoms with van der Waals surface area (Å²) in [4.78, 5) is 27.6. The second kappa shape index (κ2) is 5.01. The third-order valence-corrected chi connectivity index (χ3v) is 6.84. The lowest BCUT2D eigenvalue weighted by molar-refractivity contribution is -0.149. The van der Waals surface area contributed by atoms with Gasteiger partial charge in [-0.3, -0.25) is 9.59 Å². The molecule has 116 valence electrons. The van der Waals surface area contributed by atoms with Crippen molar-refractivity contribution in [2.24, 2.45) is 11.3 Å². The number of carbonyl (C=O) groups is 2. The molecule has 1 saturated carbocycles. The molecular formula is C17H19NO3S. The smallest absolute Gasteiger partial charge is 0.311 e. The van der Waals surface area contributed by atoms with Crippen LogP contribution < -0.4 is 0 Å². The Hall–Kier alpha value is -1.49. The number of benzene rings is 1. The normalized spacial score (nSPS) is 32.8. The van der Waals surface area contributed by atoms with E-state index in [0.29, 0.717) is 13.1 Å². The number of thioether (sulfide) groups is 1. The predicted molar refractivity (Wildman–Crippen MR) is 83.8 cm³/mol. The fourth-order valence-electron chi connectivity index (χ4n) is 4.33. The van der Waals surface area contributed by atoms with Crippen molar-refractivity contribution in [3.8, 4) is 0 Å². The van der Waals surface area contributed by atoms with Crippen LogP contribution in [0.4, 0.5) is 0 Å². The Morgan fingerprint density at radius 3 is 2.86 bits per heavy atom. The Bertz CT molecular complexity index is 622. The average Bonchev–Trinajstić information content (AvgIpc) is 3.17. The Morgan fingerprint density at radius 1 is 1.32 bits per heavy atom. The summed E-state index contributed by atoms with van der Waals surface area (Å²) in [5, 5.41) is 9.56. The van der Waals surface area contributed by atoms with E-state index >= 15 is 0 Å². The van der Waals surface area contributed by atoms with Crippen LogP contribution in [-0.2, 0) is 16.0 Å². The van der Waals surface area contributed by atoms with Crippen LogP contribution in [0.5, 0.6) is 0 Å². The van der Waals surface area contributed by atoms with Crippen molar-refractivity contribution in [3.63, 3.8) is 0 Å². The number of hydrogen-bond donors (Lipinski definition) is 1. The number of carboxylic acids is 1. The number of rotatable bonds is 2. The molecule has 2 heterocycles. The largest absolute Gasteiger partial charge is 0.481 e. The van der Waals surface area contributed by atoms with Crippen molar-refractivity contribution in [2.45, 2.75) is 35.8 Å². The van der Waals surface area contributed by atoms with Crippen LogP contribution in [0.1, 0.15) is 24.8 Å². The maximum absolute atomic E-state index is 12.8. The zero-order chi connectivity index (χ0) is 15.3. The van der Waals surface area contributed by atoms with E-state index in [9.17, 15) is 14.7 Å². The number of aliphatic carboxylic acids is 1. The van der Waals surface area contributed by atoms with Gasteiger partial charge in [-0.2, -0.15) is 0 Å². The fourth-order valence-corrected chi connectivity index (χ4v) is 5.61. The van der Waals surface area contributed by atoms with Gasteiger partial charge in [0, 0.05) is 18.0 Å². The van der Waals surface area contributed by atoms with Crippen LogP contribution in [0, 0.1) is 11.3 Å². The number of likely N-dealkylation sites (tertiary alicyclic amines) is 1. The summed E-state index contributed by atoms with van der Waals surface area (Å²) in [5.74, 6) is -0.452. The molecule has 2 aliphatic heterocycles. The second-order valence-electron chi connectivity index (χ2n) is 6.69. The van der Waals surface area contributed by atoms with E-state index in [0.717, 1.165) is 25.7 Å². The summed E-state index contributed by atoms with van der Waals surface area (Å²) < 4.78 is 0. The first-order valence-corrected chi connectivity index (χ1v) is 8.75. The monoisotopic (exact) mass is 317 g/mol. The summed E-state index contributed by atoms with van der Waals surface area (Å²) in [6.45, 7) is 1.03. The summed E-state index contributed by atoms with van der Waals surface area (Å²) >= 11 is 1.63. The SMILES string of the molecule is O=C(C1Cc2ccccc2S1)N1C[C@@H]2CCC[C@@]2(C(=O)O)C1. The summed E-state index contributed by atoms with van der Waals surface area (Å²) in [6, 6.07) is 8.14. The van der Waals surface area contributed by atoms with Crippen LogP contribution >= 0.6 is 11.8 Å². The molecule has 3 aliphatic rings. The number of hydrogen-bond acceptors (Lipinski definition) is 3. The van der Waals surface area contributed by atoms with E-state index in [1.165, 1.54) is 10.5 Å². The minimum Gasteiger partial charge on any atom is -0.481 e. The van der Waals surface area contributed by atoms with Gasteiger partial charge < -0.3 is 10.0 Å². The van der Waals surface area contributed by atoms with Crippen LogP contribution in [0.25, 0.3) is 0 Å². The van der Waals surface area contributed by atoms with Crippen LogP contribution in [-0.4, -0.2) is 40.2 Å². The molecule has 1 saturated heterocycles. The lowest BCUT2D eigenvalue weighted by atomic mass is 9.81. The van der Waals surface area contributed by atoms with Gasteiger partial charge in [-0.15, -0.1) is 11.8 Å². The molecule has 1 aromatic carbocycles. The fraction of sp³-hybridized carbons (Fsp3) is 0.529. The molecule has 4 nitrogen and oxygen atoms in total. The summed E-state index contributed by atoms with van der Waals surface area (Å²) in [6.07, 6.45) is 3.40. The Balaban J connectivity index is 1.51. The quantitative estimate of drug-likeness (QED) is 0.910. The Labute approximate surface area is 133 Å². The molecule has 4 rings (SSSR count). The third-order valence-electron chi connectivity index (χ3n) is 5.53. The van der Waals surface area contributed by atoms with E-state index < -0.39 is 11.4 Å². The number of amides is 1. The maximum Gasteiger partial charge on any atom is 0.311 e. The van der Waals surface area contributed by atoms with Crippen LogP contribution in [0.2, 0.25) is 0 Å². The molecule has 1 N–H and O–H groups in total. The number of carbonyl (C=O) groups excluding carboxylic acids is 1. The van der Waals surface area contributed by atoms with Gasteiger partial charge in [0.1, 0.15) is 0 Å². The molecule has 1 unspecified atom stereocenters. The second-order valence-corrected chi connectivity index (χ2v) is 7.93. The first-order valence-electron chi connectivity index (χ1n) is 7.87. The van der Waals surface area contributed by atoms with Crippen LogP contribution in [0.15, 0.2) is 29.2 Å². The van der Waals surface area contributed by atoms with Gasteiger partial charge in [0.25, 0.3) is 0 Å². The van der Waals surface area contributed by atoms with Crippen molar-refractivity contribution in [2.75, 3.05) is 13.1 Å². The minimum atomic E-state index is -0.715. The number of nitrogens with zero attached hydrogens (tertiary/aromatic N) is 1. The molecule has 0 bridgehead atoms. The molecule has 1 aliphatic carbocycles. The van der Waals surface area contributed by atoms with Gasteiger partial charge in [-0.05, 0) is 36.8 Å². The van der Waals surface area contributed by atoms with E-state index in [1.807, 2.05) is 17.0 Å². The average molecular weight is 317 g/mol. The highest BCUT2D eigenvalue weighted by molar-refractivity contribution is 8.01. The highest BCUT2D eigenvalue weighted by atomic mass is 32.2. The molecule has 3 atom stereocenters. The van der Waals surface area contributed by atoms with Crippen molar-refractivity contribution in [3.05, 3.63) is 29.8 Å². The Morgan fingerprint density at radius 2 is 2.14 bits per heavy atom. The highest BCUT2D eigenvalue weighted by Gasteiger charge is 2.56. The van der Waals surface area contributed by atoms with Gasteiger partial charge in [0.2, 0.25) is 5.91 Å². The highest BCUT2D eigenvalue weighted by Crippen LogP contribution is 2.49. The summed E-state index contributed by atoms with van der Waals surface area (Å²) in [7, 11) is 0. The molecule has 0 radical (unpaired) electrons. The summed E-state index contributed by atoms with van der Waals surface area (Å²) in [5.41, 5.74) is 0.560. The first-order chi connectivity index (χ1) is 10.6. The van der Waals surface area contributed by atoms with Crippen molar-refractivity contribution < 1.29 is 14.7 Å². The van der Waals surface area contributed by atoms with E-state index in [1.54, 1.807) is 11.8 Å². The van der Waals surface area contributed by atoms with Gasteiger partial charge in [-0.25, -0.2) is 0 Å². The number of carboxylic acid groups (broad SMARTS) is 1. The molecule has 0 spiro atoms. The van der Waals surface area contributed by atoms with Gasteiger partial charge in [0.05, 0.1) is 10.7 Å². The van der Waals surface area contributed by atoms with Crippen molar-refractivity contribution >= 4 is 23.6 Å². The van der Waals surface area contributed by atoms with Crippen LogP contribution in [0.3, 0.4) is 0 Å².